The standard InChI is InChI=1S/C16H18N2O4/c1-2-21-15(19)8-16(20)22-12-14-9-17-18(11-14)10-13-6-4-3-5-7-13/h3-7,9,11H,2,8,10,12H2,1H3. The SMILES string of the molecule is CCOC(=O)CC(=O)OCc1cnn(Cc2ccccc2)c1. The summed E-state index contributed by atoms with van der Waals surface area (Å²) in [7, 11) is 0. The number of carbonyl (C=O) groups is 2. The fourth-order valence-corrected chi connectivity index (χ4v) is 1.88. The molecule has 0 atom stereocenters. The van der Waals surface area contributed by atoms with Crippen LogP contribution >= 0.6 is 0 Å². The molecule has 0 spiro atoms. The van der Waals surface area contributed by atoms with E-state index >= 15 is 0 Å². The van der Waals surface area contributed by atoms with Crippen LogP contribution < -0.4 is 0 Å². The number of hydrogen-bond donors (Lipinski definition) is 0. The summed E-state index contributed by atoms with van der Waals surface area (Å²) in [4.78, 5) is 22.6. The number of benzene rings is 1. The molecule has 0 aliphatic heterocycles. The highest BCUT2D eigenvalue weighted by molar-refractivity contribution is 5.91. The minimum absolute atomic E-state index is 0.0903. The molecule has 0 aliphatic rings. The monoisotopic (exact) mass is 302 g/mol. The van der Waals surface area contributed by atoms with Gasteiger partial charge in [0.25, 0.3) is 0 Å². The first-order chi connectivity index (χ1) is 10.7. The zero-order chi connectivity index (χ0) is 15.8. The van der Waals surface area contributed by atoms with Gasteiger partial charge in [0.2, 0.25) is 0 Å². The van der Waals surface area contributed by atoms with Gasteiger partial charge in [0.15, 0.2) is 0 Å². The van der Waals surface area contributed by atoms with Crippen LogP contribution in [0.4, 0.5) is 0 Å². The predicted molar refractivity (Wildman–Crippen MR) is 78.8 cm³/mol. The van der Waals surface area contributed by atoms with Gasteiger partial charge in [-0.05, 0) is 12.5 Å². The van der Waals surface area contributed by atoms with Gasteiger partial charge in [-0.3, -0.25) is 14.3 Å². The maximum Gasteiger partial charge on any atom is 0.317 e. The fourth-order valence-electron chi connectivity index (χ4n) is 1.88. The molecule has 0 bridgehead atoms. The maximum atomic E-state index is 11.4. The van der Waals surface area contributed by atoms with Crippen molar-refractivity contribution in [2.75, 3.05) is 6.61 Å². The van der Waals surface area contributed by atoms with Gasteiger partial charge in [-0.25, -0.2) is 0 Å². The molecule has 0 amide bonds. The van der Waals surface area contributed by atoms with E-state index in [1.54, 1.807) is 17.8 Å². The average molecular weight is 302 g/mol. The summed E-state index contributed by atoms with van der Waals surface area (Å²) in [6.45, 7) is 2.67. The normalized spacial score (nSPS) is 10.2. The van der Waals surface area contributed by atoms with Crippen molar-refractivity contribution in [1.29, 1.82) is 0 Å². The summed E-state index contributed by atoms with van der Waals surface area (Å²) in [5, 5.41) is 4.21. The van der Waals surface area contributed by atoms with Gasteiger partial charge < -0.3 is 9.47 Å². The Morgan fingerprint density at radius 1 is 1.09 bits per heavy atom. The third-order valence-corrected chi connectivity index (χ3v) is 2.87. The molecule has 22 heavy (non-hydrogen) atoms. The summed E-state index contributed by atoms with van der Waals surface area (Å²) in [5.41, 5.74) is 1.91. The van der Waals surface area contributed by atoms with Gasteiger partial charge in [-0.2, -0.15) is 5.10 Å². The van der Waals surface area contributed by atoms with Crippen molar-refractivity contribution < 1.29 is 19.1 Å². The van der Waals surface area contributed by atoms with Crippen LogP contribution in [-0.4, -0.2) is 28.3 Å². The molecule has 0 saturated carbocycles. The van der Waals surface area contributed by atoms with Crippen molar-refractivity contribution in [1.82, 2.24) is 9.78 Å². The van der Waals surface area contributed by atoms with Crippen LogP contribution in [0.2, 0.25) is 0 Å². The molecule has 0 fully saturated rings. The summed E-state index contributed by atoms with van der Waals surface area (Å²) >= 11 is 0. The lowest BCUT2D eigenvalue weighted by atomic mass is 10.2. The van der Waals surface area contributed by atoms with Gasteiger partial charge in [-0.15, -0.1) is 0 Å². The quantitative estimate of drug-likeness (QED) is 0.577. The lowest BCUT2D eigenvalue weighted by Crippen LogP contribution is -2.13. The molecular weight excluding hydrogens is 284 g/mol. The molecule has 0 unspecified atom stereocenters. The topological polar surface area (TPSA) is 70.4 Å². The van der Waals surface area contributed by atoms with Crippen LogP contribution in [0.1, 0.15) is 24.5 Å². The summed E-state index contributed by atoms with van der Waals surface area (Å²) in [5.74, 6) is -1.18. The average Bonchev–Trinajstić information content (AvgIpc) is 2.94. The fraction of sp³-hybridized carbons (Fsp3) is 0.312. The number of ether oxygens (including phenoxy) is 2. The molecule has 116 valence electrons. The van der Waals surface area contributed by atoms with Crippen molar-refractivity contribution in [3.05, 3.63) is 53.9 Å². The Morgan fingerprint density at radius 2 is 1.82 bits per heavy atom. The zero-order valence-electron chi connectivity index (χ0n) is 12.4. The number of rotatable bonds is 7. The van der Waals surface area contributed by atoms with E-state index in [2.05, 4.69) is 9.84 Å². The second-order valence-electron chi connectivity index (χ2n) is 4.67. The Labute approximate surface area is 128 Å². The first-order valence-electron chi connectivity index (χ1n) is 7.04. The van der Waals surface area contributed by atoms with Gasteiger partial charge in [-0.1, -0.05) is 30.3 Å². The Bertz CT molecular complexity index is 622. The maximum absolute atomic E-state index is 11.4. The van der Waals surface area contributed by atoms with Crippen molar-refractivity contribution in [2.45, 2.75) is 26.5 Å². The van der Waals surface area contributed by atoms with Crippen LogP contribution in [0.15, 0.2) is 42.7 Å². The predicted octanol–water partition coefficient (Wildman–Crippen LogP) is 1.93. The van der Waals surface area contributed by atoms with Crippen molar-refractivity contribution in [2.24, 2.45) is 0 Å². The van der Waals surface area contributed by atoms with Gasteiger partial charge in [0, 0.05) is 11.8 Å². The summed E-state index contributed by atoms with van der Waals surface area (Å²) in [6, 6.07) is 9.93. The Balaban J connectivity index is 1.80. The van der Waals surface area contributed by atoms with E-state index < -0.39 is 11.9 Å². The van der Waals surface area contributed by atoms with Crippen LogP contribution in [0, 0.1) is 0 Å². The molecule has 6 nitrogen and oxygen atoms in total. The largest absolute Gasteiger partial charge is 0.466 e. The van der Waals surface area contributed by atoms with E-state index in [0.29, 0.717) is 6.54 Å². The van der Waals surface area contributed by atoms with Crippen molar-refractivity contribution >= 4 is 11.9 Å². The molecule has 0 aliphatic carbocycles. The molecule has 1 aromatic heterocycles. The second-order valence-corrected chi connectivity index (χ2v) is 4.67. The number of hydrogen-bond acceptors (Lipinski definition) is 5. The molecule has 0 N–H and O–H groups in total. The molecule has 2 rings (SSSR count). The highest BCUT2D eigenvalue weighted by Crippen LogP contribution is 2.05. The van der Waals surface area contributed by atoms with E-state index in [1.807, 2.05) is 36.5 Å². The first-order valence-corrected chi connectivity index (χ1v) is 7.04. The highest BCUT2D eigenvalue weighted by atomic mass is 16.6. The molecule has 0 saturated heterocycles. The van der Waals surface area contributed by atoms with E-state index in [0.717, 1.165) is 11.1 Å². The number of aromatic nitrogens is 2. The lowest BCUT2D eigenvalue weighted by Gasteiger charge is -2.03. The Hall–Kier alpha value is -2.63. The van der Waals surface area contributed by atoms with Gasteiger partial charge in [0.05, 0.1) is 19.3 Å². The van der Waals surface area contributed by atoms with Crippen LogP contribution in [0.5, 0.6) is 0 Å². The molecule has 2 aromatic rings. The summed E-state index contributed by atoms with van der Waals surface area (Å²) in [6.07, 6.45) is 3.08. The molecule has 0 radical (unpaired) electrons. The molecule has 1 heterocycles. The van der Waals surface area contributed by atoms with Gasteiger partial charge >= 0.3 is 11.9 Å². The van der Waals surface area contributed by atoms with Crippen molar-refractivity contribution in [3.8, 4) is 0 Å². The zero-order valence-corrected chi connectivity index (χ0v) is 12.4. The number of esters is 2. The third kappa shape index (κ3) is 5.05. The molecular formula is C16H18N2O4. The Kier molecular flexibility index (Phi) is 5.71. The first kappa shape index (κ1) is 15.8. The highest BCUT2D eigenvalue weighted by Gasteiger charge is 2.12. The summed E-state index contributed by atoms with van der Waals surface area (Å²) < 4.78 is 11.5. The van der Waals surface area contributed by atoms with Gasteiger partial charge in [0.1, 0.15) is 13.0 Å². The Morgan fingerprint density at radius 3 is 2.55 bits per heavy atom. The van der Waals surface area contributed by atoms with Crippen molar-refractivity contribution in [3.63, 3.8) is 0 Å². The lowest BCUT2D eigenvalue weighted by molar-refractivity contribution is -0.155. The van der Waals surface area contributed by atoms with E-state index in [-0.39, 0.29) is 19.6 Å². The molecule has 1 aromatic carbocycles. The molecule has 6 heteroatoms. The van der Waals surface area contributed by atoms with E-state index in [4.69, 9.17) is 4.74 Å². The minimum Gasteiger partial charge on any atom is -0.466 e. The van der Waals surface area contributed by atoms with Crippen LogP contribution in [0.3, 0.4) is 0 Å². The van der Waals surface area contributed by atoms with E-state index in [9.17, 15) is 9.59 Å². The minimum atomic E-state index is -0.603. The van der Waals surface area contributed by atoms with E-state index in [1.165, 1.54) is 0 Å². The third-order valence-electron chi connectivity index (χ3n) is 2.87. The van der Waals surface area contributed by atoms with Crippen LogP contribution in [0.25, 0.3) is 0 Å². The number of carbonyl (C=O) groups excluding carboxylic acids is 2. The van der Waals surface area contributed by atoms with Crippen LogP contribution in [-0.2, 0) is 32.2 Å². The smallest absolute Gasteiger partial charge is 0.317 e. The second kappa shape index (κ2) is 7.97. The number of nitrogens with zero attached hydrogens (tertiary/aromatic N) is 2.